The van der Waals surface area contributed by atoms with Crippen LogP contribution in [-0.2, 0) is 11.2 Å². The van der Waals surface area contributed by atoms with Gasteiger partial charge in [0.05, 0.1) is 6.54 Å². The van der Waals surface area contributed by atoms with Gasteiger partial charge in [-0.05, 0) is 25.3 Å². The number of amides is 3. The summed E-state index contributed by atoms with van der Waals surface area (Å²) in [5.74, 6) is -0.603. The molecule has 2 aromatic carbocycles. The molecule has 3 rings (SSSR count). The lowest BCUT2D eigenvalue weighted by molar-refractivity contribution is -0.130. The number of hydrogen-bond donors (Lipinski definition) is 1. The van der Waals surface area contributed by atoms with Gasteiger partial charge in [0.1, 0.15) is 5.54 Å². The van der Waals surface area contributed by atoms with Crippen LogP contribution in [0, 0.1) is 0 Å². The van der Waals surface area contributed by atoms with Gasteiger partial charge in [-0.15, -0.1) is 0 Å². The molecule has 0 saturated carbocycles. The van der Waals surface area contributed by atoms with Crippen LogP contribution in [0.5, 0.6) is 0 Å². The Morgan fingerprint density at radius 3 is 2.24 bits per heavy atom. The monoisotopic (exact) mass is 336 g/mol. The maximum Gasteiger partial charge on any atom is 0.325 e. The van der Waals surface area contributed by atoms with E-state index in [1.807, 2.05) is 36.4 Å². The van der Waals surface area contributed by atoms with Gasteiger partial charge in [0.25, 0.3) is 5.91 Å². The first-order valence-electron chi connectivity index (χ1n) is 8.26. The van der Waals surface area contributed by atoms with Gasteiger partial charge in [-0.3, -0.25) is 14.5 Å². The highest BCUT2D eigenvalue weighted by atomic mass is 16.2. The van der Waals surface area contributed by atoms with Crippen LogP contribution in [-0.4, -0.2) is 34.7 Å². The van der Waals surface area contributed by atoms with Crippen LogP contribution < -0.4 is 5.32 Å². The minimum absolute atomic E-state index is 0.240. The van der Waals surface area contributed by atoms with E-state index in [1.54, 1.807) is 31.2 Å². The summed E-state index contributed by atoms with van der Waals surface area (Å²) in [6, 6.07) is 18.0. The molecule has 128 valence electrons. The van der Waals surface area contributed by atoms with Gasteiger partial charge >= 0.3 is 6.03 Å². The Balaban J connectivity index is 1.68. The van der Waals surface area contributed by atoms with Crippen molar-refractivity contribution in [2.75, 3.05) is 6.54 Å². The lowest BCUT2D eigenvalue weighted by atomic mass is 9.93. The molecular formula is C20H20N2O3. The number of Topliss-reactive ketones (excluding diaryl/α,β-unsaturated/α-hetero) is 1. The summed E-state index contributed by atoms with van der Waals surface area (Å²) >= 11 is 0. The van der Waals surface area contributed by atoms with Gasteiger partial charge in [-0.25, -0.2) is 4.79 Å². The minimum Gasteiger partial charge on any atom is -0.323 e. The number of benzene rings is 2. The molecule has 1 fully saturated rings. The van der Waals surface area contributed by atoms with E-state index in [4.69, 9.17) is 0 Å². The Morgan fingerprint density at radius 2 is 1.60 bits per heavy atom. The Hall–Kier alpha value is -2.95. The molecule has 0 aliphatic carbocycles. The fourth-order valence-corrected chi connectivity index (χ4v) is 2.96. The number of rotatable bonds is 6. The molecule has 1 N–H and O–H groups in total. The van der Waals surface area contributed by atoms with E-state index >= 15 is 0 Å². The second kappa shape index (κ2) is 6.89. The first-order chi connectivity index (χ1) is 12.0. The van der Waals surface area contributed by atoms with Crippen LogP contribution >= 0.6 is 0 Å². The molecule has 25 heavy (non-hydrogen) atoms. The van der Waals surface area contributed by atoms with Crippen LogP contribution in [0.4, 0.5) is 4.79 Å². The third kappa shape index (κ3) is 3.60. The number of nitrogens with zero attached hydrogens (tertiary/aromatic N) is 1. The largest absolute Gasteiger partial charge is 0.325 e. The zero-order valence-electron chi connectivity index (χ0n) is 14.1. The topological polar surface area (TPSA) is 66.5 Å². The molecule has 0 radical (unpaired) electrons. The lowest BCUT2D eigenvalue weighted by Gasteiger charge is -2.21. The van der Waals surface area contributed by atoms with E-state index in [0.29, 0.717) is 18.4 Å². The second-order valence-corrected chi connectivity index (χ2v) is 6.43. The predicted octanol–water partition coefficient (Wildman–Crippen LogP) is 2.81. The molecular weight excluding hydrogens is 316 g/mol. The van der Waals surface area contributed by atoms with E-state index in [2.05, 4.69) is 5.32 Å². The van der Waals surface area contributed by atoms with E-state index < -0.39 is 11.6 Å². The van der Waals surface area contributed by atoms with E-state index in [9.17, 15) is 14.4 Å². The van der Waals surface area contributed by atoms with Crippen molar-refractivity contribution in [3.63, 3.8) is 0 Å². The summed E-state index contributed by atoms with van der Waals surface area (Å²) in [5, 5.41) is 2.74. The zero-order chi connectivity index (χ0) is 17.9. The SMILES string of the molecule is C[C@@]1(CCc2ccccc2)NC(=O)N(CC(=O)c2ccccc2)C1=O. The third-order valence-electron chi connectivity index (χ3n) is 4.50. The van der Waals surface area contributed by atoms with Crippen molar-refractivity contribution < 1.29 is 14.4 Å². The van der Waals surface area contributed by atoms with E-state index in [1.165, 1.54) is 0 Å². The number of ketones is 1. The number of nitrogens with one attached hydrogen (secondary N) is 1. The molecule has 1 heterocycles. The summed E-state index contributed by atoms with van der Waals surface area (Å²) in [7, 11) is 0. The predicted molar refractivity (Wildman–Crippen MR) is 94.2 cm³/mol. The quantitative estimate of drug-likeness (QED) is 0.651. The molecule has 0 bridgehead atoms. The first-order valence-corrected chi connectivity index (χ1v) is 8.26. The van der Waals surface area contributed by atoms with Gasteiger partial charge in [0.2, 0.25) is 0 Å². The van der Waals surface area contributed by atoms with Crippen molar-refractivity contribution in [2.24, 2.45) is 0 Å². The lowest BCUT2D eigenvalue weighted by Crippen LogP contribution is -2.44. The summed E-state index contributed by atoms with van der Waals surface area (Å²) in [6.07, 6.45) is 1.15. The van der Waals surface area contributed by atoms with Crippen molar-refractivity contribution in [3.8, 4) is 0 Å². The van der Waals surface area contributed by atoms with Crippen LogP contribution in [0.1, 0.15) is 29.3 Å². The van der Waals surface area contributed by atoms with Crippen LogP contribution in [0.25, 0.3) is 0 Å². The average molecular weight is 336 g/mol. The smallest absolute Gasteiger partial charge is 0.323 e. The van der Waals surface area contributed by atoms with Crippen LogP contribution in [0.3, 0.4) is 0 Å². The van der Waals surface area contributed by atoms with Crippen molar-refractivity contribution in [2.45, 2.75) is 25.3 Å². The van der Waals surface area contributed by atoms with Gasteiger partial charge in [-0.2, -0.15) is 0 Å². The fraction of sp³-hybridized carbons (Fsp3) is 0.250. The Kier molecular flexibility index (Phi) is 4.65. The van der Waals surface area contributed by atoms with Gasteiger partial charge in [-0.1, -0.05) is 60.7 Å². The molecule has 1 saturated heterocycles. The van der Waals surface area contributed by atoms with Crippen LogP contribution in [0.15, 0.2) is 60.7 Å². The molecule has 0 spiro atoms. The van der Waals surface area contributed by atoms with Gasteiger partial charge < -0.3 is 5.32 Å². The summed E-state index contributed by atoms with van der Waals surface area (Å²) in [4.78, 5) is 38.3. The highest BCUT2D eigenvalue weighted by molar-refractivity contribution is 6.10. The summed E-state index contributed by atoms with van der Waals surface area (Å²) in [5.41, 5.74) is 0.606. The summed E-state index contributed by atoms with van der Waals surface area (Å²) < 4.78 is 0. The second-order valence-electron chi connectivity index (χ2n) is 6.43. The number of carbonyl (C=O) groups is 3. The number of aryl methyl sites for hydroxylation is 1. The average Bonchev–Trinajstić information content (AvgIpc) is 2.85. The van der Waals surface area contributed by atoms with Crippen molar-refractivity contribution in [3.05, 3.63) is 71.8 Å². The van der Waals surface area contributed by atoms with E-state index in [-0.39, 0.29) is 18.2 Å². The molecule has 1 aliphatic rings. The number of hydrogen-bond acceptors (Lipinski definition) is 3. The van der Waals surface area contributed by atoms with Gasteiger partial charge in [0, 0.05) is 5.56 Å². The first kappa shape index (κ1) is 16.9. The minimum atomic E-state index is -0.982. The van der Waals surface area contributed by atoms with Crippen molar-refractivity contribution in [1.82, 2.24) is 10.2 Å². The molecule has 0 unspecified atom stereocenters. The Labute approximate surface area is 146 Å². The Morgan fingerprint density at radius 1 is 1.00 bits per heavy atom. The van der Waals surface area contributed by atoms with Gasteiger partial charge in [0.15, 0.2) is 5.78 Å². The maximum absolute atomic E-state index is 12.7. The molecule has 0 aromatic heterocycles. The van der Waals surface area contributed by atoms with Crippen molar-refractivity contribution >= 4 is 17.7 Å². The molecule has 1 atom stereocenters. The number of carbonyl (C=O) groups excluding carboxylic acids is 3. The van der Waals surface area contributed by atoms with Crippen molar-refractivity contribution in [1.29, 1.82) is 0 Å². The van der Waals surface area contributed by atoms with Crippen LogP contribution in [0.2, 0.25) is 0 Å². The maximum atomic E-state index is 12.7. The standard InChI is InChI=1S/C20H20N2O3/c1-20(13-12-15-8-4-2-5-9-15)18(24)22(19(25)21-20)14-17(23)16-10-6-3-7-11-16/h2-11H,12-14H2,1H3,(H,21,25)/t20-/m0/s1. The van der Waals surface area contributed by atoms with E-state index in [0.717, 1.165) is 10.5 Å². The number of urea groups is 1. The summed E-state index contributed by atoms with van der Waals surface area (Å²) in [6.45, 7) is 1.47. The molecule has 2 aromatic rings. The fourth-order valence-electron chi connectivity index (χ4n) is 2.96. The third-order valence-corrected chi connectivity index (χ3v) is 4.50. The molecule has 5 heteroatoms. The molecule has 1 aliphatic heterocycles. The highest BCUT2D eigenvalue weighted by Gasteiger charge is 2.47. The Bertz CT molecular complexity index is 789. The highest BCUT2D eigenvalue weighted by Crippen LogP contribution is 2.23. The molecule has 3 amide bonds. The number of imide groups is 1. The zero-order valence-corrected chi connectivity index (χ0v) is 14.1. The normalized spacial score (nSPS) is 19.8. The molecule has 5 nitrogen and oxygen atoms in total.